The van der Waals surface area contributed by atoms with Gasteiger partial charge in [-0.15, -0.1) is 0 Å². The summed E-state index contributed by atoms with van der Waals surface area (Å²) < 4.78 is 38.1. The molecule has 5 heterocycles. The van der Waals surface area contributed by atoms with Crippen LogP contribution in [0.2, 0.25) is 0 Å². The van der Waals surface area contributed by atoms with E-state index in [1.807, 2.05) is 12.1 Å². The molecule has 0 amide bonds. The van der Waals surface area contributed by atoms with Crippen LogP contribution in [0.1, 0.15) is 183 Å². The van der Waals surface area contributed by atoms with Gasteiger partial charge in [-0.2, -0.15) is 0 Å². The van der Waals surface area contributed by atoms with E-state index in [9.17, 15) is 9.59 Å². The Bertz CT molecular complexity index is 3670. The van der Waals surface area contributed by atoms with Crippen LogP contribution in [0.25, 0.3) is 67.7 Å². The molecule has 0 aliphatic carbocycles. The van der Waals surface area contributed by atoms with Crippen LogP contribution in [0.4, 0.5) is 17.1 Å². The number of fused-ring (bicyclic) bond motifs is 3. The molecule has 1 aliphatic rings. The molecule has 0 radical (unpaired) electrons. The zero-order chi connectivity index (χ0) is 60.0. The fourth-order valence-corrected chi connectivity index (χ4v) is 16.3. The van der Waals surface area contributed by atoms with E-state index in [1.54, 1.807) is 25.2 Å². The number of hydrogen-bond donors (Lipinski definition) is 0. The van der Waals surface area contributed by atoms with Crippen LogP contribution in [0, 0.1) is 0 Å². The van der Waals surface area contributed by atoms with E-state index in [0.29, 0.717) is 18.5 Å². The summed E-state index contributed by atoms with van der Waals surface area (Å²) in [6.45, 7) is 15.0. The minimum absolute atomic E-state index is 0.00686. The molecule has 5 aromatic carbocycles. The Morgan fingerprint density at radius 2 is 1.05 bits per heavy atom. The van der Waals surface area contributed by atoms with Crippen molar-refractivity contribution in [2.75, 3.05) is 24.7 Å². The predicted molar refractivity (Wildman–Crippen MR) is 359 cm³/mol. The van der Waals surface area contributed by atoms with E-state index in [4.69, 9.17) is 23.7 Å². The molecule has 0 spiro atoms. The Kier molecular flexibility index (Phi) is 21.8. The summed E-state index contributed by atoms with van der Waals surface area (Å²) in [5.41, 5.74) is 7.67. The van der Waals surface area contributed by atoms with Gasteiger partial charge in [0.25, 0.3) is 5.79 Å². The molecular formula is C74H91N3O7SSe. The Labute approximate surface area is 520 Å². The summed E-state index contributed by atoms with van der Waals surface area (Å²) >= 11 is 1.79. The van der Waals surface area contributed by atoms with Gasteiger partial charge in [0.2, 0.25) is 0 Å². The first-order valence-corrected chi connectivity index (χ1v) is 35.1. The van der Waals surface area contributed by atoms with Crippen LogP contribution in [0.15, 0.2) is 109 Å². The molecule has 10 rings (SSSR count). The number of nitrogens with zero attached hydrogens (tertiary/aromatic N) is 3. The summed E-state index contributed by atoms with van der Waals surface area (Å²) in [7, 11) is 2.21. The van der Waals surface area contributed by atoms with Gasteiger partial charge >= 0.3 is 380 Å². The second-order valence-electron chi connectivity index (χ2n) is 24.0. The van der Waals surface area contributed by atoms with Gasteiger partial charge in [0.05, 0.1) is 0 Å². The van der Waals surface area contributed by atoms with Crippen LogP contribution in [-0.4, -0.2) is 61.2 Å². The molecule has 0 N–H and O–H groups in total. The van der Waals surface area contributed by atoms with Gasteiger partial charge in [0, 0.05) is 13.8 Å². The SMILES string of the molecule is CCCCCCCCOc1ccc(N(c2ccc(OCCCCCCCC)cc2)c2ccc3c4[se]c(-c5sc(-c6ccc7c8c6cccc8c(=C6C(=O)OC(C)(C)OC6=O)n7CCCCCCCC)cc5OCCCCCC)cc4n(C)c3c2)cc1. The number of carbonyl (C=O) groups excluding carboxylic acids is 2. The summed E-state index contributed by atoms with van der Waals surface area (Å²) in [6.07, 6.45) is 26.0. The minimum atomic E-state index is -1.34. The van der Waals surface area contributed by atoms with Crippen molar-refractivity contribution in [3.63, 3.8) is 0 Å². The van der Waals surface area contributed by atoms with Gasteiger partial charge < -0.3 is 0 Å². The molecule has 1 fully saturated rings. The van der Waals surface area contributed by atoms with Crippen LogP contribution < -0.4 is 24.5 Å². The molecule has 0 atom stereocenters. The van der Waals surface area contributed by atoms with Crippen molar-refractivity contribution in [1.29, 1.82) is 0 Å². The third kappa shape index (κ3) is 14.6. The molecule has 0 unspecified atom stereocenters. The van der Waals surface area contributed by atoms with Crippen molar-refractivity contribution < 1.29 is 33.3 Å². The number of benzene rings is 5. The second-order valence-corrected chi connectivity index (χ2v) is 27.3. The number of cyclic esters (lactones) is 2. The Hall–Kier alpha value is -6.46. The van der Waals surface area contributed by atoms with Crippen LogP contribution >= 0.6 is 11.3 Å². The number of ether oxygens (including phenoxy) is 5. The zero-order valence-corrected chi connectivity index (χ0v) is 54.8. The Balaban J connectivity index is 0.989. The van der Waals surface area contributed by atoms with E-state index < -0.39 is 17.7 Å². The molecule has 1 saturated heterocycles. The normalized spacial score (nSPS) is 13.4. The number of aryl methyl sites for hydroxylation is 2. The second kappa shape index (κ2) is 30.0. The first kappa shape index (κ1) is 62.6. The maximum absolute atomic E-state index is 13.9. The molecular weight excluding hydrogens is 1150 g/mol. The maximum atomic E-state index is 13.9. The third-order valence-electron chi connectivity index (χ3n) is 17.0. The predicted octanol–water partition coefficient (Wildman–Crippen LogP) is 19.9. The van der Waals surface area contributed by atoms with Crippen molar-refractivity contribution in [2.45, 2.75) is 195 Å². The summed E-state index contributed by atoms with van der Waals surface area (Å²) in [5.74, 6) is 0.0709. The molecule has 0 bridgehead atoms. The number of aromatic nitrogens is 2. The van der Waals surface area contributed by atoms with Crippen LogP contribution in [0.5, 0.6) is 17.2 Å². The van der Waals surface area contributed by atoms with Crippen molar-refractivity contribution in [3.8, 4) is 37.0 Å². The van der Waals surface area contributed by atoms with Crippen molar-refractivity contribution in [2.24, 2.45) is 7.05 Å². The van der Waals surface area contributed by atoms with Crippen molar-refractivity contribution in [1.82, 2.24) is 9.13 Å². The average molecular weight is 1250 g/mol. The number of esters is 2. The third-order valence-corrected chi connectivity index (χ3v) is 20.9. The number of carbonyl (C=O) groups is 2. The van der Waals surface area contributed by atoms with Crippen molar-refractivity contribution in [3.05, 3.63) is 115 Å². The monoisotopic (exact) mass is 1250 g/mol. The molecule has 12 heteroatoms. The average Bonchev–Trinajstić information content (AvgIpc) is 1.61. The topological polar surface area (TPSA) is 93.4 Å². The van der Waals surface area contributed by atoms with Gasteiger partial charge in [-0.05, 0) is 12.8 Å². The first-order valence-electron chi connectivity index (χ1n) is 32.6. The number of unbranched alkanes of at least 4 members (excludes halogenated alkanes) is 18. The summed E-state index contributed by atoms with van der Waals surface area (Å²) in [5, 5.41) is 4.78. The molecule has 456 valence electrons. The Morgan fingerprint density at radius 3 is 1.64 bits per heavy atom. The van der Waals surface area contributed by atoms with Gasteiger partial charge in [-0.1, -0.05) is 111 Å². The molecule has 4 aromatic heterocycles. The summed E-state index contributed by atoms with van der Waals surface area (Å²) in [6, 6.07) is 39.5. The standard InChI is InChI=1S/C74H91N3O7SSe/c1-8-12-16-20-23-26-45-76-61-44-43-57(58-31-30-32-60(67(58)61)69(76)68-72(78)83-74(5,6)84-73(68)79)65-51-64(82-48-27-19-15-11-4)70(85-65)66-50-63-71(86-66)59-42-37-54(49-62(59)75(63)7)77(52-33-38-55(39-34-52)80-46-28-24-21-17-13-9-2)53-35-40-56(41-36-53)81-47-29-25-22-18-14-10-3/h30-44,49-51H,8-29,45-48H2,1-7H3. The number of thiophene rings is 1. The number of rotatable bonds is 34. The summed E-state index contributed by atoms with van der Waals surface area (Å²) in [4.78, 5) is 32.4. The van der Waals surface area contributed by atoms with Gasteiger partial charge in [0.1, 0.15) is 0 Å². The van der Waals surface area contributed by atoms with Gasteiger partial charge in [-0.25, -0.2) is 0 Å². The quantitative estimate of drug-likeness (QED) is 0.0224. The molecule has 0 saturated carbocycles. The fraction of sp³-hybridized carbons (Fsp3) is 0.459. The van der Waals surface area contributed by atoms with Gasteiger partial charge in [0.15, 0.2) is 0 Å². The molecule has 9 aromatic rings. The van der Waals surface area contributed by atoms with Gasteiger partial charge in [-0.3, -0.25) is 0 Å². The number of anilines is 3. The molecule has 10 nitrogen and oxygen atoms in total. The van der Waals surface area contributed by atoms with E-state index in [-0.39, 0.29) is 20.1 Å². The van der Waals surface area contributed by atoms with Crippen molar-refractivity contribution >= 4 is 103 Å². The fourth-order valence-electron chi connectivity index (χ4n) is 12.4. The van der Waals surface area contributed by atoms with E-state index in [2.05, 4.69) is 146 Å². The Morgan fingerprint density at radius 1 is 0.523 bits per heavy atom. The van der Waals surface area contributed by atoms with Crippen LogP contribution in [0.3, 0.4) is 0 Å². The van der Waals surface area contributed by atoms with E-state index in [0.717, 1.165) is 125 Å². The zero-order valence-electron chi connectivity index (χ0n) is 52.3. The van der Waals surface area contributed by atoms with Crippen LogP contribution in [-0.2, 0) is 32.7 Å². The van der Waals surface area contributed by atoms with E-state index in [1.165, 1.54) is 126 Å². The number of hydrogen-bond acceptors (Lipinski definition) is 9. The molecule has 1 aliphatic heterocycles. The molecule has 86 heavy (non-hydrogen) atoms. The first-order chi connectivity index (χ1) is 42.0. The van der Waals surface area contributed by atoms with E-state index >= 15 is 0 Å².